The van der Waals surface area contributed by atoms with Gasteiger partial charge in [-0.1, -0.05) is 24.3 Å². The van der Waals surface area contributed by atoms with Gasteiger partial charge in [0.15, 0.2) is 11.6 Å². The van der Waals surface area contributed by atoms with Crippen molar-refractivity contribution in [1.29, 1.82) is 0 Å². The van der Waals surface area contributed by atoms with E-state index >= 15 is 0 Å². The quantitative estimate of drug-likeness (QED) is 0.663. The summed E-state index contributed by atoms with van der Waals surface area (Å²) in [4.78, 5) is 32.2. The number of aromatic nitrogens is 2. The Morgan fingerprint density at radius 1 is 1.12 bits per heavy atom. The molecular weight excluding hydrogens is 442 g/mol. The van der Waals surface area contributed by atoms with E-state index in [1.807, 2.05) is 29.2 Å². The molecule has 180 valence electrons. The Morgan fingerprint density at radius 3 is 2.56 bits per heavy atom. The zero-order chi connectivity index (χ0) is 23.7. The normalized spacial score (nSPS) is 20.7. The van der Waals surface area contributed by atoms with E-state index in [-0.39, 0.29) is 43.4 Å². The van der Waals surface area contributed by atoms with Crippen molar-refractivity contribution >= 4 is 23.2 Å². The summed E-state index contributed by atoms with van der Waals surface area (Å²) in [6.45, 7) is 2.31. The topological polar surface area (TPSA) is 76.8 Å². The number of hydrogen-bond acceptors (Lipinski definition) is 5. The van der Waals surface area contributed by atoms with Gasteiger partial charge in [0, 0.05) is 38.1 Å². The van der Waals surface area contributed by atoms with Crippen LogP contribution in [-0.2, 0) is 22.4 Å². The Labute approximate surface area is 196 Å². The van der Waals surface area contributed by atoms with E-state index in [0.717, 1.165) is 11.1 Å². The standard InChI is InChI=1S/C25H28F2N4O3/c26-25(27)7-5-20(6-8-25)31-24-21(16-28-31)22(32)15-19(29-24)13-17-3-1-2-4-18(17)14-23(33)30-9-11-34-12-10-30/h1-4,16,20H,5-15H2. The van der Waals surface area contributed by atoms with Crippen molar-refractivity contribution in [3.8, 4) is 0 Å². The van der Waals surface area contributed by atoms with E-state index in [1.54, 1.807) is 4.68 Å². The molecule has 1 saturated heterocycles. The SMILES string of the molecule is O=C1CC(Cc2ccccc2CC(=O)N2CCOCC2)=Nc2c1cnn2C1CCC(F)(F)CC1. The third kappa shape index (κ3) is 4.80. The maximum Gasteiger partial charge on any atom is 0.248 e. The first kappa shape index (κ1) is 22.8. The van der Waals surface area contributed by atoms with Crippen LogP contribution in [0.2, 0.25) is 0 Å². The number of alkyl halides is 2. The highest BCUT2D eigenvalue weighted by atomic mass is 19.3. The number of benzene rings is 1. The number of halogens is 2. The number of fused-ring (bicyclic) bond motifs is 1. The van der Waals surface area contributed by atoms with Gasteiger partial charge < -0.3 is 9.64 Å². The van der Waals surface area contributed by atoms with Gasteiger partial charge in [-0.3, -0.25) is 9.59 Å². The summed E-state index contributed by atoms with van der Waals surface area (Å²) in [5.41, 5.74) is 3.04. The molecule has 5 rings (SSSR count). The summed E-state index contributed by atoms with van der Waals surface area (Å²) >= 11 is 0. The van der Waals surface area contributed by atoms with Crippen LogP contribution in [0, 0.1) is 0 Å². The van der Waals surface area contributed by atoms with Gasteiger partial charge in [0.05, 0.1) is 43.9 Å². The number of morpholine rings is 1. The Morgan fingerprint density at radius 2 is 1.82 bits per heavy atom. The van der Waals surface area contributed by atoms with Gasteiger partial charge in [-0.05, 0) is 24.0 Å². The number of carbonyl (C=O) groups is 2. The van der Waals surface area contributed by atoms with Crippen LogP contribution >= 0.6 is 0 Å². The first-order chi connectivity index (χ1) is 16.4. The lowest BCUT2D eigenvalue weighted by atomic mass is 9.92. The molecule has 0 radical (unpaired) electrons. The molecule has 2 fully saturated rings. The molecule has 0 atom stereocenters. The summed E-state index contributed by atoms with van der Waals surface area (Å²) in [6.07, 6.45) is 2.71. The highest BCUT2D eigenvalue weighted by Gasteiger charge is 2.37. The molecule has 34 heavy (non-hydrogen) atoms. The molecule has 7 nitrogen and oxygen atoms in total. The first-order valence-corrected chi connectivity index (χ1v) is 11.9. The number of ether oxygens (including phenoxy) is 1. The van der Waals surface area contributed by atoms with Crippen LogP contribution in [0.1, 0.15) is 59.6 Å². The average Bonchev–Trinajstić information content (AvgIpc) is 3.25. The third-order valence-electron chi connectivity index (χ3n) is 6.95. The second-order valence-electron chi connectivity index (χ2n) is 9.31. The molecule has 3 heterocycles. The van der Waals surface area contributed by atoms with E-state index < -0.39 is 5.92 Å². The van der Waals surface area contributed by atoms with Crippen molar-refractivity contribution in [1.82, 2.24) is 14.7 Å². The molecule has 0 bridgehead atoms. The Balaban J connectivity index is 1.35. The van der Waals surface area contributed by atoms with Crippen LogP contribution < -0.4 is 0 Å². The van der Waals surface area contributed by atoms with Crippen molar-refractivity contribution in [2.75, 3.05) is 26.3 Å². The smallest absolute Gasteiger partial charge is 0.248 e. The lowest BCUT2D eigenvalue weighted by Crippen LogP contribution is -2.41. The van der Waals surface area contributed by atoms with Gasteiger partial charge in [-0.2, -0.15) is 5.10 Å². The zero-order valence-electron chi connectivity index (χ0n) is 19.0. The number of rotatable bonds is 5. The van der Waals surface area contributed by atoms with E-state index in [2.05, 4.69) is 5.10 Å². The van der Waals surface area contributed by atoms with Crippen LogP contribution in [-0.4, -0.2) is 64.3 Å². The fraction of sp³-hybridized carbons (Fsp3) is 0.520. The van der Waals surface area contributed by atoms with Gasteiger partial charge in [0.2, 0.25) is 11.8 Å². The second kappa shape index (κ2) is 9.37. The highest BCUT2D eigenvalue weighted by molar-refractivity contribution is 6.15. The number of ketones is 1. The van der Waals surface area contributed by atoms with E-state index in [1.165, 1.54) is 6.20 Å². The number of carbonyl (C=O) groups excluding carboxylic acids is 2. The molecule has 1 amide bonds. The Hall–Kier alpha value is -2.94. The first-order valence-electron chi connectivity index (χ1n) is 11.9. The molecule has 2 aromatic rings. The van der Waals surface area contributed by atoms with Crippen LogP contribution in [0.3, 0.4) is 0 Å². The van der Waals surface area contributed by atoms with Gasteiger partial charge in [-0.25, -0.2) is 18.5 Å². The molecule has 9 heteroatoms. The monoisotopic (exact) mass is 470 g/mol. The summed E-state index contributed by atoms with van der Waals surface area (Å²) in [5.74, 6) is -2.15. The lowest BCUT2D eigenvalue weighted by molar-refractivity contribution is -0.134. The fourth-order valence-corrected chi connectivity index (χ4v) is 4.98. The number of hydrogen-bond donors (Lipinski definition) is 0. The zero-order valence-corrected chi connectivity index (χ0v) is 19.0. The Kier molecular flexibility index (Phi) is 6.29. The van der Waals surface area contributed by atoms with E-state index in [4.69, 9.17) is 9.73 Å². The minimum atomic E-state index is -2.63. The molecular formula is C25H28F2N4O3. The van der Waals surface area contributed by atoms with Gasteiger partial charge in [0.1, 0.15) is 0 Å². The minimum Gasteiger partial charge on any atom is -0.378 e. The number of nitrogens with zero attached hydrogens (tertiary/aromatic N) is 4. The lowest BCUT2D eigenvalue weighted by Gasteiger charge is -2.29. The molecule has 2 aliphatic heterocycles. The van der Waals surface area contributed by atoms with Crippen LogP contribution in [0.5, 0.6) is 0 Å². The molecule has 0 N–H and O–H groups in total. The molecule has 1 saturated carbocycles. The summed E-state index contributed by atoms with van der Waals surface area (Å²) < 4.78 is 34.3. The molecule has 1 aromatic heterocycles. The van der Waals surface area contributed by atoms with Crippen molar-refractivity contribution < 1.29 is 23.1 Å². The number of aliphatic imine (C=N–C) groups is 1. The third-order valence-corrected chi connectivity index (χ3v) is 6.95. The van der Waals surface area contributed by atoms with Crippen molar-refractivity contribution in [2.45, 2.75) is 56.9 Å². The van der Waals surface area contributed by atoms with Crippen molar-refractivity contribution in [3.63, 3.8) is 0 Å². The predicted molar refractivity (Wildman–Crippen MR) is 122 cm³/mol. The summed E-state index contributed by atoms with van der Waals surface area (Å²) in [7, 11) is 0. The maximum absolute atomic E-state index is 13.6. The van der Waals surface area contributed by atoms with Crippen molar-refractivity contribution in [3.05, 3.63) is 47.2 Å². The summed E-state index contributed by atoms with van der Waals surface area (Å²) in [5, 5.41) is 4.35. The summed E-state index contributed by atoms with van der Waals surface area (Å²) in [6, 6.07) is 7.55. The van der Waals surface area contributed by atoms with Gasteiger partial charge in [-0.15, -0.1) is 0 Å². The van der Waals surface area contributed by atoms with Gasteiger partial charge in [0.25, 0.3) is 0 Å². The number of amides is 1. The second-order valence-corrected chi connectivity index (χ2v) is 9.31. The van der Waals surface area contributed by atoms with E-state index in [0.29, 0.717) is 62.7 Å². The van der Waals surface area contributed by atoms with Crippen LogP contribution in [0.4, 0.5) is 14.6 Å². The molecule has 1 aromatic carbocycles. The molecule has 0 spiro atoms. The van der Waals surface area contributed by atoms with E-state index in [9.17, 15) is 18.4 Å². The minimum absolute atomic E-state index is 0.0609. The maximum atomic E-state index is 13.6. The average molecular weight is 471 g/mol. The Bertz CT molecular complexity index is 1110. The largest absolute Gasteiger partial charge is 0.378 e. The fourth-order valence-electron chi connectivity index (χ4n) is 4.98. The van der Waals surface area contributed by atoms with Crippen molar-refractivity contribution in [2.24, 2.45) is 4.99 Å². The van der Waals surface area contributed by atoms with Crippen LogP contribution in [0.25, 0.3) is 0 Å². The molecule has 1 aliphatic carbocycles. The molecule has 3 aliphatic rings. The predicted octanol–water partition coefficient (Wildman–Crippen LogP) is 3.94. The number of Topliss-reactive ketones (excluding diaryl/α,β-unsaturated/α-hetero) is 1. The van der Waals surface area contributed by atoms with Gasteiger partial charge >= 0.3 is 0 Å². The highest BCUT2D eigenvalue weighted by Crippen LogP contribution is 2.41. The van der Waals surface area contributed by atoms with Crippen LogP contribution in [0.15, 0.2) is 35.5 Å². The molecule has 0 unspecified atom stereocenters.